The Morgan fingerprint density at radius 3 is 2.31 bits per heavy atom. The molecule has 2 amide bonds. The van der Waals surface area contributed by atoms with Gasteiger partial charge in [0.15, 0.2) is 6.61 Å². The zero-order chi connectivity index (χ0) is 25.2. The van der Waals surface area contributed by atoms with Crippen LogP contribution in [0.2, 0.25) is 0 Å². The molecule has 0 aromatic heterocycles. The van der Waals surface area contributed by atoms with Crippen LogP contribution in [-0.4, -0.2) is 35.9 Å². The summed E-state index contributed by atoms with van der Waals surface area (Å²) in [5.41, 5.74) is 3.07. The van der Waals surface area contributed by atoms with Crippen LogP contribution in [0, 0.1) is 0 Å². The molecule has 0 aliphatic rings. The Morgan fingerprint density at radius 1 is 0.914 bits per heavy atom. The summed E-state index contributed by atoms with van der Waals surface area (Å²) in [6.45, 7) is 4.55. The highest BCUT2D eigenvalue weighted by Crippen LogP contribution is 2.26. The number of nitrogens with one attached hydrogen (secondary N) is 1. The van der Waals surface area contributed by atoms with Gasteiger partial charge in [-0.25, -0.2) is 0 Å². The van der Waals surface area contributed by atoms with E-state index < -0.39 is 6.04 Å². The molecule has 0 saturated heterocycles. The third-order valence-corrected chi connectivity index (χ3v) is 6.73. The topological polar surface area (TPSA) is 58.6 Å². The number of carbonyl (C=O) groups is 2. The van der Waals surface area contributed by atoms with E-state index in [4.69, 9.17) is 4.74 Å². The van der Waals surface area contributed by atoms with Gasteiger partial charge in [-0.1, -0.05) is 71.4 Å². The van der Waals surface area contributed by atoms with Gasteiger partial charge >= 0.3 is 0 Å². The number of ether oxygens (including phenoxy) is 1. The summed E-state index contributed by atoms with van der Waals surface area (Å²) in [5, 5.41) is 2.90. The number of likely N-dealkylation sites (N-methyl/N-ethyl adjacent to an activating group) is 1. The average Bonchev–Trinajstić information content (AvgIpc) is 2.86. The molecule has 5 nitrogen and oxygen atoms in total. The van der Waals surface area contributed by atoms with Gasteiger partial charge in [0.05, 0.1) is 4.47 Å². The van der Waals surface area contributed by atoms with Crippen molar-refractivity contribution < 1.29 is 14.3 Å². The Hall–Kier alpha value is -2.64. The number of halogens is 2. The lowest BCUT2D eigenvalue weighted by atomic mass is 10.0. The van der Waals surface area contributed by atoms with Crippen molar-refractivity contribution in [2.24, 2.45) is 0 Å². The van der Waals surface area contributed by atoms with Crippen LogP contribution in [0.5, 0.6) is 5.75 Å². The third kappa shape index (κ3) is 7.94. The molecule has 184 valence electrons. The van der Waals surface area contributed by atoms with E-state index in [0.717, 1.165) is 26.5 Å². The Balaban J connectivity index is 1.89. The van der Waals surface area contributed by atoms with E-state index in [-0.39, 0.29) is 25.0 Å². The van der Waals surface area contributed by atoms with Gasteiger partial charge in [-0.2, -0.15) is 0 Å². The predicted molar refractivity (Wildman–Crippen MR) is 146 cm³/mol. The van der Waals surface area contributed by atoms with Crippen LogP contribution >= 0.6 is 31.9 Å². The minimum Gasteiger partial charge on any atom is -0.483 e. The number of hydrogen-bond donors (Lipinski definition) is 1. The fraction of sp³-hybridized carbons (Fsp3) is 0.286. The normalized spacial score (nSPS) is 11.5. The largest absolute Gasteiger partial charge is 0.483 e. The smallest absolute Gasteiger partial charge is 0.261 e. The van der Waals surface area contributed by atoms with Crippen LogP contribution in [0.1, 0.15) is 30.5 Å². The maximum atomic E-state index is 13.6. The second-order valence-corrected chi connectivity index (χ2v) is 9.93. The summed E-state index contributed by atoms with van der Waals surface area (Å²) in [6, 6.07) is 22.7. The highest BCUT2D eigenvalue weighted by molar-refractivity contribution is 9.10. The quantitative estimate of drug-likeness (QED) is 0.296. The summed E-state index contributed by atoms with van der Waals surface area (Å²) < 4.78 is 7.61. The second kappa shape index (κ2) is 13.4. The van der Waals surface area contributed by atoms with Crippen molar-refractivity contribution in [2.45, 2.75) is 39.3 Å². The van der Waals surface area contributed by atoms with E-state index in [2.05, 4.69) is 44.1 Å². The van der Waals surface area contributed by atoms with Crippen LogP contribution < -0.4 is 10.1 Å². The highest BCUT2D eigenvalue weighted by Gasteiger charge is 2.30. The van der Waals surface area contributed by atoms with Crippen LogP contribution in [-0.2, 0) is 29.0 Å². The molecule has 35 heavy (non-hydrogen) atoms. The number of benzene rings is 3. The number of carbonyl (C=O) groups excluding carboxylic acids is 2. The molecule has 7 heteroatoms. The zero-order valence-corrected chi connectivity index (χ0v) is 23.1. The molecule has 0 aliphatic heterocycles. The third-order valence-electron chi connectivity index (χ3n) is 5.62. The van der Waals surface area contributed by atoms with Crippen molar-refractivity contribution in [1.82, 2.24) is 10.2 Å². The molecule has 1 N–H and O–H groups in total. The molecule has 3 rings (SSSR count). The van der Waals surface area contributed by atoms with E-state index in [1.807, 2.05) is 79.7 Å². The number of nitrogens with zero attached hydrogens (tertiary/aromatic N) is 1. The summed E-state index contributed by atoms with van der Waals surface area (Å²) in [5.74, 6) is 0.146. The molecule has 0 heterocycles. The van der Waals surface area contributed by atoms with Crippen molar-refractivity contribution in [3.63, 3.8) is 0 Å². The van der Waals surface area contributed by atoms with Gasteiger partial charge in [-0.3, -0.25) is 9.59 Å². The minimum atomic E-state index is -0.682. The first-order chi connectivity index (χ1) is 16.9. The SMILES string of the molecule is CCNC(=O)[C@@H](Cc1ccccc1)N(Cc1cccc(Br)c1)C(=O)COc1ccc(CC)cc1Br. The van der Waals surface area contributed by atoms with E-state index in [1.165, 1.54) is 5.56 Å². The molecule has 0 bridgehead atoms. The van der Waals surface area contributed by atoms with Gasteiger partial charge in [0.2, 0.25) is 5.91 Å². The molecule has 0 saturated carbocycles. The predicted octanol–water partition coefficient (Wildman–Crippen LogP) is 5.93. The zero-order valence-electron chi connectivity index (χ0n) is 20.0. The summed E-state index contributed by atoms with van der Waals surface area (Å²) in [6.07, 6.45) is 1.31. The molecular weight excluding hydrogens is 572 g/mol. The van der Waals surface area contributed by atoms with Crippen LogP contribution in [0.15, 0.2) is 81.7 Å². The fourth-order valence-electron chi connectivity index (χ4n) is 3.78. The first-order valence-electron chi connectivity index (χ1n) is 11.7. The van der Waals surface area contributed by atoms with Gasteiger partial charge in [0.25, 0.3) is 5.91 Å². The Kier molecular flexibility index (Phi) is 10.4. The molecule has 0 radical (unpaired) electrons. The van der Waals surface area contributed by atoms with Gasteiger partial charge in [-0.05, 0) is 70.2 Å². The molecule has 0 unspecified atom stereocenters. The minimum absolute atomic E-state index is 0.178. The first kappa shape index (κ1) is 27.0. The molecule has 1 atom stereocenters. The van der Waals surface area contributed by atoms with Crippen molar-refractivity contribution in [1.29, 1.82) is 0 Å². The van der Waals surface area contributed by atoms with Crippen molar-refractivity contribution in [2.75, 3.05) is 13.2 Å². The molecule has 3 aromatic rings. The van der Waals surface area contributed by atoms with Crippen LogP contribution in [0.25, 0.3) is 0 Å². The van der Waals surface area contributed by atoms with E-state index in [0.29, 0.717) is 18.7 Å². The van der Waals surface area contributed by atoms with Crippen LogP contribution in [0.4, 0.5) is 0 Å². The van der Waals surface area contributed by atoms with Gasteiger partial charge in [0.1, 0.15) is 11.8 Å². The molecule has 3 aromatic carbocycles. The lowest BCUT2D eigenvalue weighted by Gasteiger charge is -2.31. The summed E-state index contributed by atoms with van der Waals surface area (Å²) in [4.78, 5) is 28.4. The van der Waals surface area contributed by atoms with Gasteiger partial charge in [0, 0.05) is 24.0 Å². The lowest BCUT2D eigenvalue weighted by Crippen LogP contribution is -2.51. The lowest BCUT2D eigenvalue weighted by molar-refractivity contribution is -0.142. The fourth-order valence-corrected chi connectivity index (χ4v) is 4.77. The Morgan fingerprint density at radius 2 is 1.66 bits per heavy atom. The second-order valence-electron chi connectivity index (χ2n) is 8.16. The van der Waals surface area contributed by atoms with Crippen LogP contribution in [0.3, 0.4) is 0 Å². The van der Waals surface area contributed by atoms with Crippen molar-refractivity contribution in [3.05, 3.63) is 98.4 Å². The maximum absolute atomic E-state index is 13.6. The number of rotatable bonds is 11. The monoisotopic (exact) mass is 600 g/mol. The highest BCUT2D eigenvalue weighted by atomic mass is 79.9. The Labute approximate surface area is 224 Å². The van der Waals surface area contributed by atoms with E-state index >= 15 is 0 Å². The standard InChI is InChI=1S/C28H30Br2N2O3/c1-3-20-13-14-26(24(30)16-20)35-19-27(33)32(18-22-11-8-12-23(29)15-22)25(28(34)31-4-2)17-21-9-6-5-7-10-21/h5-16,25H,3-4,17-19H2,1-2H3,(H,31,34)/t25-/m1/s1. The molecule has 0 spiro atoms. The first-order valence-corrected chi connectivity index (χ1v) is 13.3. The van der Waals surface area contributed by atoms with Crippen molar-refractivity contribution in [3.8, 4) is 5.75 Å². The van der Waals surface area contributed by atoms with E-state index in [1.54, 1.807) is 4.90 Å². The number of aryl methyl sites for hydroxylation is 1. The van der Waals surface area contributed by atoms with Gasteiger partial charge < -0.3 is 15.0 Å². The molecule has 0 aliphatic carbocycles. The number of hydrogen-bond acceptors (Lipinski definition) is 3. The van der Waals surface area contributed by atoms with E-state index in [9.17, 15) is 9.59 Å². The summed E-state index contributed by atoms with van der Waals surface area (Å²) >= 11 is 7.04. The molecule has 0 fully saturated rings. The van der Waals surface area contributed by atoms with Crippen molar-refractivity contribution >= 4 is 43.7 Å². The maximum Gasteiger partial charge on any atom is 0.261 e. The summed E-state index contributed by atoms with van der Waals surface area (Å²) in [7, 11) is 0. The Bertz CT molecular complexity index is 1140. The van der Waals surface area contributed by atoms with Gasteiger partial charge in [-0.15, -0.1) is 0 Å². The molecular formula is C28H30Br2N2O3. The number of amides is 2. The average molecular weight is 602 g/mol.